The summed E-state index contributed by atoms with van der Waals surface area (Å²) in [5.74, 6) is 1.18. The number of hydrogen-bond acceptors (Lipinski definition) is 1. The fourth-order valence-electron chi connectivity index (χ4n) is 1.27. The molecule has 0 aliphatic rings. The molecular formula is C10H22N2. The maximum Gasteiger partial charge on any atom is 0.104 e. The summed E-state index contributed by atoms with van der Waals surface area (Å²) in [6.07, 6.45) is 1.12. The molecule has 12 heavy (non-hydrogen) atoms. The van der Waals surface area contributed by atoms with Crippen molar-refractivity contribution >= 4 is 5.84 Å². The van der Waals surface area contributed by atoms with Crippen molar-refractivity contribution in [2.45, 2.75) is 34.1 Å². The highest BCUT2D eigenvalue weighted by atomic mass is 15.1. The second kappa shape index (κ2) is 4.48. The van der Waals surface area contributed by atoms with Crippen molar-refractivity contribution in [3.05, 3.63) is 0 Å². The fraction of sp³-hybridized carbons (Fsp3) is 0.900. The maximum atomic E-state index is 4.56. The molecule has 0 saturated heterocycles. The Labute approximate surface area is 76.7 Å². The smallest absolute Gasteiger partial charge is 0.104 e. The van der Waals surface area contributed by atoms with Crippen LogP contribution in [0.25, 0.3) is 0 Å². The molecule has 0 aliphatic carbocycles. The van der Waals surface area contributed by atoms with Crippen LogP contribution in [0.15, 0.2) is 4.99 Å². The van der Waals surface area contributed by atoms with E-state index in [1.807, 2.05) is 0 Å². The number of amidine groups is 1. The highest BCUT2D eigenvalue weighted by molar-refractivity contribution is 5.86. The van der Waals surface area contributed by atoms with Gasteiger partial charge in [0.2, 0.25) is 0 Å². The number of hydrogen-bond donors (Lipinski definition) is 0. The Balaban J connectivity index is 4.44. The Morgan fingerprint density at radius 3 is 2.00 bits per heavy atom. The largest absolute Gasteiger partial charge is 0.366 e. The Morgan fingerprint density at radius 2 is 1.75 bits per heavy atom. The van der Waals surface area contributed by atoms with Gasteiger partial charge in [-0.2, -0.15) is 0 Å². The zero-order valence-electron chi connectivity index (χ0n) is 9.31. The van der Waals surface area contributed by atoms with E-state index in [0.717, 1.165) is 13.0 Å². The van der Waals surface area contributed by atoms with Crippen LogP contribution < -0.4 is 0 Å². The summed E-state index contributed by atoms with van der Waals surface area (Å²) in [5.41, 5.74) is 0.165. The number of nitrogens with zero attached hydrogens (tertiary/aromatic N) is 2. The average Bonchev–Trinajstić information content (AvgIpc) is 1.84. The average molecular weight is 170 g/mol. The van der Waals surface area contributed by atoms with Gasteiger partial charge in [-0.1, -0.05) is 27.7 Å². The third-order valence-electron chi connectivity index (χ3n) is 1.58. The molecule has 0 amide bonds. The normalized spacial score (nSPS) is 13.3. The van der Waals surface area contributed by atoms with Gasteiger partial charge < -0.3 is 4.90 Å². The summed E-state index contributed by atoms with van der Waals surface area (Å²) in [4.78, 5) is 6.66. The molecule has 72 valence electrons. The van der Waals surface area contributed by atoms with Crippen molar-refractivity contribution in [1.29, 1.82) is 0 Å². The molecule has 0 aromatic carbocycles. The molecule has 0 unspecified atom stereocenters. The summed E-state index contributed by atoms with van der Waals surface area (Å²) in [6, 6.07) is 0. The minimum atomic E-state index is 0.165. The van der Waals surface area contributed by atoms with E-state index in [-0.39, 0.29) is 5.41 Å². The van der Waals surface area contributed by atoms with E-state index >= 15 is 0 Å². The summed E-state index contributed by atoms with van der Waals surface area (Å²) in [7, 11) is 4.11. The molecule has 2 heteroatoms. The van der Waals surface area contributed by atoms with Crippen molar-refractivity contribution in [2.24, 2.45) is 10.4 Å². The van der Waals surface area contributed by atoms with E-state index in [2.05, 4.69) is 51.7 Å². The molecule has 0 aliphatic heterocycles. The lowest BCUT2D eigenvalue weighted by Crippen LogP contribution is -2.34. The topological polar surface area (TPSA) is 15.6 Å². The number of aliphatic imine (C=N–C) groups is 1. The molecule has 0 bridgehead atoms. The first kappa shape index (κ1) is 11.5. The zero-order valence-corrected chi connectivity index (χ0v) is 9.31. The summed E-state index contributed by atoms with van der Waals surface area (Å²) in [5, 5.41) is 0. The van der Waals surface area contributed by atoms with Crippen LogP contribution in [0.4, 0.5) is 0 Å². The minimum Gasteiger partial charge on any atom is -0.366 e. The first-order chi connectivity index (χ1) is 5.39. The maximum absolute atomic E-state index is 4.56. The molecule has 0 atom stereocenters. The summed E-state index contributed by atoms with van der Waals surface area (Å²) < 4.78 is 0. The van der Waals surface area contributed by atoms with Gasteiger partial charge in [0.15, 0.2) is 0 Å². The Kier molecular flexibility index (Phi) is 4.29. The lowest BCUT2D eigenvalue weighted by Gasteiger charge is -2.27. The van der Waals surface area contributed by atoms with Crippen LogP contribution in [0.2, 0.25) is 0 Å². The van der Waals surface area contributed by atoms with Gasteiger partial charge in [-0.3, -0.25) is 4.99 Å². The Bertz CT molecular complexity index is 152. The fourth-order valence-corrected chi connectivity index (χ4v) is 1.27. The summed E-state index contributed by atoms with van der Waals surface area (Å²) in [6.45, 7) is 9.68. The third kappa shape index (κ3) is 3.74. The van der Waals surface area contributed by atoms with Gasteiger partial charge in [0.1, 0.15) is 5.84 Å². The molecule has 0 aromatic rings. The molecular weight excluding hydrogens is 148 g/mol. The van der Waals surface area contributed by atoms with E-state index in [1.165, 1.54) is 5.84 Å². The van der Waals surface area contributed by atoms with Crippen molar-refractivity contribution in [2.75, 3.05) is 20.6 Å². The molecule has 0 fully saturated rings. The SMILES string of the molecule is CCCN=C(N(C)C)C(C)(C)C. The van der Waals surface area contributed by atoms with Crippen molar-refractivity contribution in [3.8, 4) is 0 Å². The van der Waals surface area contributed by atoms with Crippen LogP contribution in [0.3, 0.4) is 0 Å². The van der Waals surface area contributed by atoms with E-state index in [4.69, 9.17) is 0 Å². The van der Waals surface area contributed by atoms with E-state index in [9.17, 15) is 0 Å². The van der Waals surface area contributed by atoms with E-state index in [0.29, 0.717) is 0 Å². The highest BCUT2D eigenvalue weighted by Crippen LogP contribution is 2.17. The molecule has 0 rings (SSSR count). The standard InChI is InChI=1S/C10H22N2/c1-7-8-11-9(12(5)6)10(2,3)4/h7-8H2,1-6H3. The van der Waals surface area contributed by atoms with Crippen LogP contribution in [0, 0.1) is 5.41 Å². The zero-order chi connectivity index (χ0) is 9.78. The van der Waals surface area contributed by atoms with Gasteiger partial charge in [-0.05, 0) is 6.42 Å². The molecule has 2 nitrogen and oxygen atoms in total. The van der Waals surface area contributed by atoms with E-state index < -0.39 is 0 Å². The lowest BCUT2D eigenvalue weighted by atomic mass is 9.94. The summed E-state index contributed by atoms with van der Waals surface area (Å²) >= 11 is 0. The predicted octanol–water partition coefficient (Wildman–Crippen LogP) is 2.40. The first-order valence-electron chi connectivity index (χ1n) is 4.61. The molecule has 0 heterocycles. The van der Waals surface area contributed by atoms with Gasteiger partial charge in [0.25, 0.3) is 0 Å². The van der Waals surface area contributed by atoms with E-state index in [1.54, 1.807) is 0 Å². The van der Waals surface area contributed by atoms with Crippen LogP contribution >= 0.6 is 0 Å². The molecule has 0 N–H and O–H groups in total. The minimum absolute atomic E-state index is 0.165. The van der Waals surface area contributed by atoms with Gasteiger partial charge in [0, 0.05) is 26.1 Å². The predicted molar refractivity (Wildman–Crippen MR) is 55.7 cm³/mol. The molecule has 0 radical (unpaired) electrons. The number of rotatable bonds is 2. The van der Waals surface area contributed by atoms with Crippen LogP contribution in [0.1, 0.15) is 34.1 Å². The van der Waals surface area contributed by atoms with Gasteiger partial charge in [0.05, 0.1) is 0 Å². The second-order valence-corrected chi connectivity index (χ2v) is 4.35. The van der Waals surface area contributed by atoms with Gasteiger partial charge in [-0.25, -0.2) is 0 Å². The van der Waals surface area contributed by atoms with Gasteiger partial charge in [-0.15, -0.1) is 0 Å². The molecule has 0 spiro atoms. The van der Waals surface area contributed by atoms with Crippen molar-refractivity contribution < 1.29 is 0 Å². The third-order valence-corrected chi connectivity index (χ3v) is 1.58. The van der Waals surface area contributed by atoms with Gasteiger partial charge >= 0.3 is 0 Å². The van der Waals surface area contributed by atoms with Crippen LogP contribution in [-0.2, 0) is 0 Å². The van der Waals surface area contributed by atoms with Crippen LogP contribution in [-0.4, -0.2) is 31.4 Å². The molecule has 0 saturated carbocycles. The Morgan fingerprint density at radius 1 is 1.25 bits per heavy atom. The monoisotopic (exact) mass is 170 g/mol. The highest BCUT2D eigenvalue weighted by Gasteiger charge is 2.19. The van der Waals surface area contributed by atoms with Crippen LogP contribution in [0.5, 0.6) is 0 Å². The first-order valence-corrected chi connectivity index (χ1v) is 4.61. The Hall–Kier alpha value is -0.530. The van der Waals surface area contributed by atoms with Crippen molar-refractivity contribution in [3.63, 3.8) is 0 Å². The second-order valence-electron chi connectivity index (χ2n) is 4.35. The quantitative estimate of drug-likeness (QED) is 0.459. The molecule has 0 aromatic heterocycles. The van der Waals surface area contributed by atoms with Crippen molar-refractivity contribution in [1.82, 2.24) is 4.90 Å². The lowest BCUT2D eigenvalue weighted by molar-refractivity contribution is 0.477.